The van der Waals surface area contributed by atoms with Crippen molar-refractivity contribution in [2.24, 2.45) is 5.92 Å². The Hall–Kier alpha value is -0.570. The monoisotopic (exact) mass is 293 g/mol. The standard InChI is InChI=1S/C17H24ClNO/c18-16-6-4-15(5-7-16)17(8-2-9-17)13-19-10-1-3-14(11-19)12-20/h4-7,14,20H,1-3,8-13H2/t14-/m0/s1. The van der Waals surface area contributed by atoms with Gasteiger partial charge in [0, 0.05) is 30.1 Å². The summed E-state index contributed by atoms with van der Waals surface area (Å²) in [5, 5.41) is 10.2. The van der Waals surface area contributed by atoms with Crippen molar-refractivity contribution in [3.8, 4) is 0 Å². The topological polar surface area (TPSA) is 23.5 Å². The molecule has 1 aromatic rings. The predicted octanol–water partition coefficient (Wildman–Crippen LogP) is 3.47. The number of piperidine rings is 1. The molecule has 1 atom stereocenters. The van der Waals surface area contributed by atoms with Gasteiger partial charge in [-0.2, -0.15) is 0 Å². The van der Waals surface area contributed by atoms with Gasteiger partial charge in [0.15, 0.2) is 0 Å². The molecule has 0 unspecified atom stereocenters. The number of hydrogen-bond acceptors (Lipinski definition) is 2. The minimum atomic E-state index is 0.335. The maximum absolute atomic E-state index is 9.38. The third-order valence-corrected chi connectivity index (χ3v) is 5.41. The number of benzene rings is 1. The molecule has 2 aliphatic rings. The fourth-order valence-electron chi connectivity index (χ4n) is 3.82. The van der Waals surface area contributed by atoms with Crippen molar-refractivity contribution >= 4 is 11.6 Å². The highest BCUT2D eigenvalue weighted by Crippen LogP contribution is 2.45. The van der Waals surface area contributed by atoms with Crippen LogP contribution >= 0.6 is 11.6 Å². The molecule has 1 aliphatic heterocycles. The number of halogens is 1. The summed E-state index contributed by atoms with van der Waals surface area (Å²) in [6.07, 6.45) is 6.31. The molecule has 1 saturated carbocycles. The molecule has 1 aromatic carbocycles. The van der Waals surface area contributed by atoms with E-state index in [2.05, 4.69) is 17.0 Å². The van der Waals surface area contributed by atoms with Gasteiger partial charge < -0.3 is 10.0 Å². The molecule has 0 aromatic heterocycles. The van der Waals surface area contributed by atoms with Crippen LogP contribution in [0.1, 0.15) is 37.7 Å². The zero-order valence-corrected chi connectivity index (χ0v) is 12.8. The largest absolute Gasteiger partial charge is 0.396 e. The van der Waals surface area contributed by atoms with Gasteiger partial charge in [-0.3, -0.25) is 0 Å². The number of nitrogens with zero attached hydrogens (tertiary/aromatic N) is 1. The fraction of sp³-hybridized carbons (Fsp3) is 0.647. The molecule has 0 amide bonds. The van der Waals surface area contributed by atoms with Crippen LogP contribution in [0.3, 0.4) is 0 Å². The van der Waals surface area contributed by atoms with E-state index >= 15 is 0 Å². The summed E-state index contributed by atoms with van der Waals surface area (Å²) in [5.74, 6) is 0.478. The van der Waals surface area contributed by atoms with Crippen LogP contribution in [0.4, 0.5) is 0 Å². The molecule has 110 valence electrons. The zero-order valence-electron chi connectivity index (χ0n) is 12.0. The Labute approximate surface area is 126 Å². The second-order valence-electron chi connectivity index (χ2n) is 6.57. The van der Waals surface area contributed by atoms with Crippen molar-refractivity contribution in [2.75, 3.05) is 26.2 Å². The van der Waals surface area contributed by atoms with Crippen molar-refractivity contribution in [1.82, 2.24) is 4.90 Å². The summed E-state index contributed by atoms with van der Waals surface area (Å²) >= 11 is 6.01. The number of aliphatic hydroxyl groups excluding tert-OH is 1. The number of aliphatic hydroxyl groups is 1. The van der Waals surface area contributed by atoms with Gasteiger partial charge in [0.1, 0.15) is 0 Å². The molecule has 0 spiro atoms. The summed E-state index contributed by atoms with van der Waals surface area (Å²) in [4.78, 5) is 2.57. The van der Waals surface area contributed by atoms with Crippen LogP contribution in [-0.2, 0) is 5.41 Å². The molecule has 1 aliphatic carbocycles. The molecular formula is C17H24ClNO. The maximum Gasteiger partial charge on any atom is 0.0471 e. The summed E-state index contributed by atoms with van der Waals surface area (Å²) in [5.41, 5.74) is 1.78. The normalized spacial score (nSPS) is 26.2. The first-order valence-corrected chi connectivity index (χ1v) is 8.19. The average molecular weight is 294 g/mol. The lowest BCUT2D eigenvalue weighted by Crippen LogP contribution is -2.49. The van der Waals surface area contributed by atoms with Gasteiger partial charge in [-0.05, 0) is 55.8 Å². The molecule has 1 saturated heterocycles. The molecular weight excluding hydrogens is 270 g/mol. The minimum absolute atomic E-state index is 0.335. The van der Waals surface area contributed by atoms with E-state index in [0.29, 0.717) is 17.9 Å². The Morgan fingerprint density at radius 1 is 1.20 bits per heavy atom. The second kappa shape index (κ2) is 6.05. The molecule has 0 bridgehead atoms. The van der Waals surface area contributed by atoms with Gasteiger partial charge in [-0.1, -0.05) is 30.2 Å². The molecule has 1 N–H and O–H groups in total. The Bertz CT molecular complexity index is 441. The summed E-state index contributed by atoms with van der Waals surface area (Å²) in [6, 6.07) is 8.44. The van der Waals surface area contributed by atoms with E-state index in [1.54, 1.807) is 0 Å². The van der Waals surface area contributed by atoms with E-state index < -0.39 is 0 Å². The van der Waals surface area contributed by atoms with Gasteiger partial charge in [-0.15, -0.1) is 0 Å². The Balaban J connectivity index is 1.71. The smallest absolute Gasteiger partial charge is 0.0471 e. The summed E-state index contributed by atoms with van der Waals surface area (Å²) in [7, 11) is 0. The summed E-state index contributed by atoms with van der Waals surface area (Å²) < 4.78 is 0. The maximum atomic E-state index is 9.38. The van der Waals surface area contributed by atoms with Crippen LogP contribution in [0.25, 0.3) is 0 Å². The highest BCUT2D eigenvalue weighted by atomic mass is 35.5. The second-order valence-corrected chi connectivity index (χ2v) is 7.00. The van der Waals surface area contributed by atoms with E-state index in [4.69, 9.17) is 11.6 Å². The van der Waals surface area contributed by atoms with Crippen LogP contribution in [0.15, 0.2) is 24.3 Å². The highest BCUT2D eigenvalue weighted by molar-refractivity contribution is 6.30. The van der Waals surface area contributed by atoms with Gasteiger partial charge in [0.05, 0.1) is 0 Å². The first-order valence-electron chi connectivity index (χ1n) is 7.81. The lowest BCUT2D eigenvalue weighted by molar-refractivity contribution is 0.0769. The average Bonchev–Trinajstić information content (AvgIpc) is 2.44. The van der Waals surface area contributed by atoms with E-state index in [-0.39, 0.29) is 0 Å². The van der Waals surface area contributed by atoms with Crippen LogP contribution < -0.4 is 0 Å². The third kappa shape index (κ3) is 2.88. The first kappa shape index (κ1) is 14.4. The van der Waals surface area contributed by atoms with Gasteiger partial charge in [0.2, 0.25) is 0 Å². The van der Waals surface area contributed by atoms with Crippen molar-refractivity contribution in [3.63, 3.8) is 0 Å². The van der Waals surface area contributed by atoms with Gasteiger partial charge in [0.25, 0.3) is 0 Å². The molecule has 2 nitrogen and oxygen atoms in total. The van der Waals surface area contributed by atoms with Crippen molar-refractivity contribution < 1.29 is 5.11 Å². The number of hydrogen-bond donors (Lipinski definition) is 1. The molecule has 3 rings (SSSR count). The van der Waals surface area contributed by atoms with E-state index in [1.165, 1.54) is 44.2 Å². The molecule has 20 heavy (non-hydrogen) atoms. The van der Waals surface area contributed by atoms with Crippen LogP contribution in [0.2, 0.25) is 5.02 Å². The quantitative estimate of drug-likeness (QED) is 0.919. The molecule has 3 heteroatoms. The van der Waals surface area contributed by atoms with Crippen LogP contribution in [0, 0.1) is 5.92 Å². The molecule has 1 heterocycles. The third-order valence-electron chi connectivity index (χ3n) is 5.15. The molecule has 0 radical (unpaired) electrons. The lowest BCUT2D eigenvalue weighted by atomic mass is 9.64. The van der Waals surface area contributed by atoms with Crippen LogP contribution in [-0.4, -0.2) is 36.2 Å². The number of likely N-dealkylation sites (tertiary alicyclic amines) is 1. The minimum Gasteiger partial charge on any atom is -0.396 e. The zero-order chi connectivity index (χ0) is 14.0. The fourth-order valence-corrected chi connectivity index (χ4v) is 3.94. The van der Waals surface area contributed by atoms with Gasteiger partial charge >= 0.3 is 0 Å². The Kier molecular flexibility index (Phi) is 4.34. The van der Waals surface area contributed by atoms with Gasteiger partial charge in [-0.25, -0.2) is 0 Å². The number of rotatable bonds is 4. The molecule has 2 fully saturated rings. The SMILES string of the molecule is OC[C@H]1CCCN(CC2(c3ccc(Cl)cc3)CCC2)C1. The van der Waals surface area contributed by atoms with Crippen LogP contribution in [0.5, 0.6) is 0 Å². The van der Waals surface area contributed by atoms with E-state index in [0.717, 1.165) is 18.1 Å². The van der Waals surface area contributed by atoms with E-state index in [9.17, 15) is 5.11 Å². The van der Waals surface area contributed by atoms with E-state index in [1.807, 2.05) is 12.1 Å². The summed E-state index contributed by atoms with van der Waals surface area (Å²) in [6.45, 7) is 3.73. The van der Waals surface area contributed by atoms with Crippen molar-refractivity contribution in [2.45, 2.75) is 37.5 Å². The van der Waals surface area contributed by atoms with Crippen molar-refractivity contribution in [1.29, 1.82) is 0 Å². The predicted molar refractivity (Wildman–Crippen MR) is 83.2 cm³/mol. The van der Waals surface area contributed by atoms with Crippen molar-refractivity contribution in [3.05, 3.63) is 34.9 Å². The Morgan fingerprint density at radius 2 is 1.95 bits per heavy atom. The Morgan fingerprint density at radius 3 is 2.55 bits per heavy atom. The highest BCUT2D eigenvalue weighted by Gasteiger charge is 2.40. The first-order chi connectivity index (χ1) is 9.72. The lowest BCUT2D eigenvalue weighted by Gasteiger charge is -2.47.